The van der Waals surface area contributed by atoms with Crippen LogP contribution in [0, 0.1) is 20.2 Å². The maximum absolute atomic E-state index is 12.9. The molecule has 1 saturated heterocycles. The number of hydrogen-bond acceptors (Lipinski definition) is 10. The van der Waals surface area contributed by atoms with Gasteiger partial charge in [0, 0.05) is 24.3 Å². The first-order valence-corrected chi connectivity index (χ1v) is 11.6. The number of carbonyl (C=O) groups is 3. The molecule has 0 spiro atoms. The fourth-order valence-corrected chi connectivity index (χ4v) is 4.30. The molecule has 0 radical (unpaired) electrons. The normalized spacial score (nSPS) is 14.0. The predicted molar refractivity (Wildman–Crippen MR) is 136 cm³/mol. The van der Waals surface area contributed by atoms with E-state index < -0.39 is 27.0 Å². The van der Waals surface area contributed by atoms with Gasteiger partial charge in [0.1, 0.15) is 0 Å². The molecule has 0 N–H and O–H groups in total. The van der Waals surface area contributed by atoms with Gasteiger partial charge in [-0.2, -0.15) is 0 Å². The predicted octanol–water partition coefficient (Wildman–Crippen LogP) is 4.97. The van der Waals surface area contributed by atoms with Gasteiger partial charge in [-0.1, -0.05) is 24.3 Å². The third kappa shape index (κ3) is 5.68. The number of nitro benzene ring substituents is 2. The third-order valence-corrected chi connectivity index (χ3v) is 6.25. The van der Waals surface area contributed by atoms with E-state index in [9.17, 15) is 34.6 Å². The summed E-state index contributed by atoms with van der Waals surface area (Å²) in [5.74, 6) is -1.15. The Labute approximate surface area is 218 Å². The summed E-state index contributed by atoms with van der Waals surface area (Å²) >= 11 is 0.742. The zero-order valence-electron chi connectivity index (χ0n) is 19.6. The van der Waals surface area contributed by atoms with E-state index in [1.165, 1.54) is 67.8 Å². The Morgan fingerprint density at radius 1 is 0.947 bits per heavy atom. The van der Waals surface area contributed by atoms with Gasteiger partial charge < -0.3 is 9.47 Å². The van der Waals surface area contributed by atoms with Crippen LogP contribution in [0.4, 0.5) is 16.2 Å². The second-order valence-electron chi connectivity index (χ2n) is 7.80. The molecule has 3 aromatic rings. The van der Waals surface area contributed by atoms with E-state index in [4.69, 9.17) is 9.47 Å². The molecule has 192 valence electrons. The lowest BCUT2D eigenvalue weighted by Gasteiger charge is -2.12. The summed E-state index contributed by atoms with van der Waals surface area (Å²) in [7, 11) is 1.35. The van der Waals surface area contributed by atoms with Crippen molar-refractivity contribution >= 4 is 46.3 Å². The Bertz CT molecular complexity index is 1500. The van der Waals surface area contributed by atoms with Crippen molar-refractivity contribution in [2.45, 2.75) is 6.54 Å². The molecule has 12 nitrogen and oxygen atoms in total. The topological polar surface area (TPSA) is 159 Å². The molecule has 3 aromatic carbocycles. The fraction of sp³-hybridized carbons (Fsp3) is 0.0800. The van der Waals surface area contributed by atoms with Crippen molar-refractivity contribution in [1.82, 2.24) is 4.90 Å². The van der Waals surface area contributed by atoms with Gasteiger partial charge in [0.25, 0.3) is 22.5 Å². The number of benzene rings is 3. The summed E-state index contributed by atoms with van der Waals surface area (Å²) in [6, 6.07) is 15.1. The van der Waals surface area contributed by atoms with Crippen LogP contribution < -0.4 is 9.47 Å². The molecule has 0 bridgehead atoms. The highest BCUT2D eigenvalue weighted by Gasteiger charge is 2.35. The van der Waals surface area contributed by atoms with E-state index in [-0.39, 0.29) is 39.9 Å². The molecular formula is C25H17N3O9S. The molecule has 0 aliphatic carbocycles. The molecule has 4 rings (SSSR count). The molecule has 0 aromatic heterocycles. The number of imide groups is 1. The number of thioether (sulfide) groups is 1. The van der Waals surface area contributed by atoms with Crippen LogP contribution in [-0.2, 0) is 11.3 Å². The van der Waals surface area contributed by atoms with Crippen molar-refractivity contribution in [1.29, 1.82) is 0 Å². The van der Waals surface area contributed by atoms with Crippen LogP contribution in [0.1, 0.15) is 21.5 Å². The van der Waals surface area contributed by atoms with Gasteiger partial charge in [0.2, 0.25) is 0 Å². The molecule has 38 heavy (non-hydrogen) atoms. The first-order valence-electron chi connectivity index (χ1n) is 10.8. The summed E-state index contributed by atoms with van der Waals surface area (Å²) in [5.41, 5.74) is 0.654. The van der Waals surface area contributed by atoms with Crippen molar-refractivity contribution in [3.63, 3.8) is 0 Å². The molecular weight excluding hydrogens is 518 g/mol. The van der Waals surface area contributed by atoms with Crippen molar-refractivity contribution in [3.8, 4) is 11.5 Å². The van der Waals surface area contributed by atoms with Gasteiger partial charge in [-0.15, -0.1) is 0 Å². The number of non-ortho nitro benzene ring substituents is 2. The van der Waals surface area contributed by atoms with E-state index in [1.807, 2.05) is 0 Å². The molecule has 0 atom stereocenters. The van der Waals surface area contributed by atoms with Crippen LogP contribution in [-0.4, -0.2) is 39.0 Å². The Balaban J connectivity index is 1.50. The van der Waals surface area contributed by atoms with Crippen LogP contribution in [0.2, 0.25) is 0 Å². The summed E-state index contributed by atoms with van der Waals surface area (Å²) in [6.45, 7) is -0.0458. The maximum atomic E-state index is 12.9. The van der Waals surface area contributed by atoms with E-state index in [2.05, 4.69) is 0 Å². The van der Waals surface area contributed by atoms with Crippen LogP contribution in [0.15, 0.2) is 71.6 Å². The van der Waals surface area contributed by atoms with Crippen LogP contribution in [0.5, 0.6) is 11.5 Å². The zero-order chi connectivity index (χ0) is 27.4. The van der Waals surface area contributed by atoms with Gasteiger partial charge >= 0.3 is 5.97 Å². The van der Waals surface area contributed by atoms with E-state index in [1.54, 1.807) is 6.07 Å². The molecule has 0 saturated carbocycles. The summed E-state index contributed by atoms with van der Waals surface area (Å²) in [5, 5.41) is 21.3. The second-order valence-corrected chi connectivity index (χ2v) is 8.79. The highest BCUT2D eigenvalue weighted by molar-refractivity contribution is 8.18. The number of nitro groups is 2. The number of ether oxygens (including phenoxy) is 2. The van der Waals surface area contributed by atoms with Crippen molar-refractivity contribution in [2.24, 2.45) is 0 Å². The number of hydrogen-bond donors (Lipinski definition) is 0. The van der Waals surface area contributed by atoms with Crippen LogP contribution in [0.3, 0.4) is 0 Å². The minimum absolute atomic E-state index is 0.0213. The van der Waals surface area contributed by atoms with Crippen molar-refractivity contribution in [2.75, 3.05) is 7.11 Å². The van der Waals surface area contributed by atoms with E-state index in [0.29, 0.717) is 11.1 Å². The maximum Gasteiger partial charge on any atom is 0.343 e. The van der Waals surface area contributed by atoms with Gasteiger partial charge in [-0.05, 0) is 47.2 Å². The first kappa shape index (κ1) is 26.0. The van der Waals surface area contributed by atoms with Gasteiger partial charge in [0.15, 0.2) is 11.5 Å². The number of carbonyl (C=O) groups excluding carboxylic acids is 3. The molecule has 2 amide bonds. The lowest BCUT2D eigenvalue weighted by Crippen LogP contribution is -2.27. The van der Waals surface area contributed by atoms with Crippen LogP contribution in [0.25, 0.3) is 6.08 Å². The minimum atomic E-state index is -0.827. The van der Waals surface area contributed by atoms with E-state index >= 15 is 0 Å². The number of methoxy groups -OCH3 is 1. The zero-order valence-corrected chi connectivity index (χ0v) is 20.4. The lowest BCUT2D eigenvalue weighted by molar-refractivity contribution is -0.385. The number of amides is 2. The SMILES string of the molecule is COc1cc(/C=C2\SC(=O)N(Cc3ccc([N+](=O)[O-])cc3)C2=O)ccc1OC(=O)c1cccc([N+](=O)[O-])c1. The first-order chi connectivity index (χ1) is 18.2. The van der Waals surface area contributed by atoms with E-state index in [0.717, 1.165) is 22.7 Å². The molecule has 1 heterocycles. The summed E-state index contributed by atoms with van der Waals surface area (Å²) in [6.07, 6.45) is 1.48. The molecule has 13 heteroatoms. The molecule has 0 unspecified atom stereocenters. The van der Waals surface area contributed by atoms with Crippen molar-refractivity contribution in [3.05, 3.63) is 109 Å². The van der Waals surface area contributed by atoms with Crippen molar-refractivity contribution < 1.29 is 33.7 Å². The Kier molecular flexibility index (Phi) is 7.48. The Hall–Kier alpha value is -5.04. The smallest absolute Gasteiger partial charge is 0.343 e. The van der Waals surface area contributed by atoms with Gasteiger partial charge in [-0.3, -0.25) is 34.7 Å². The number of nitrogens with zero attached hydrogens (tertiary/aromatic N) is 3. The Morgan fingerprint density at radius 2 is 1.66 bits per heavy atom. The summed E-state index contributed by atoms with van der Waals surface area (Å²) < 4.78 is 10.6. The molecule has 1 fully saturated rings. The van der Waals surface area contributed by atoms with Gasteiger partial charge in [0.05, 0.1) is 34.0 Å². The average Bonchev–Trinajstić information content (AvgIpc) is 3.16. The van der Waals surface area contributed by atoms with Crippen LogP contribution >= 0.6 is 11.8 Å². The Morgan fingerprint density at radius 3 is 2.32 bits per heavy atom. The summed E-state index contributed by atoms with van der Waals surface area (Å²) in [4.78, 5) is 59.6. The lowest BCUT2D eigenvalue weighted by atomic mass is 10.1. The standard InChI is InChI=1S/C25H17N3O9S/c1-36-21-11-16(7-10-20(21)37-24(30)17-3-2-4-19(13-17)28(34)35)12-22-23(29)26(25(31)38-22)14-15-5-8-18(9-6-15)27(32)33/h2-13H,14H2,1H3/b22-12-. The third-order valence-electron chi connectivity index (χ3n) is 5.34. The molecule has 1 aliphatic rings. The molecule has 1 aliphatic heterocycles. The highest BCUT2D eigenvalue weighted by Crippen LogP contribution is 2.35. The average molecular weight is 535 g/mol. The monoisotopic (exact) mass is 535 g/mol. The number of esters is 1. The minimum Gasteiger partial charge on any atom is -0.493 e. The largest absolute Gasteiger partial charge is 0.493 e. The highest BCUT2D eigenvalue weighted by atomic mass is 32.2. The second kappa shape index (κ2) is 10.9. The van der Waals surface area contributed by atoms with Gasteiger partial charge in [-0.25, -0.2) is 4.79 Å². The fourth-order valence-electron chi connectivity index (χ4n) is 3.46. The quantitative estimate of drug-likeness (QED) is 0.127. The number of rotatable bonds is 8.